The van der Waals surface area contributed by atoms with Crippen molar-refractivity contribution < 1.29 is 9.21 Å². The van der Waals surface area contributed by atoms with Crippen molar-refractivity contribution >= 4 is 39.4 Å². The van der Waals surface area contributed by atoms with Gasteiger partial charge in [0.15, 0.2) is 0 Å². The Balaban J connectivity index is 1.79. The van der Waals surface area contributed by atoms with Crippen LogP contribution in [0.4, 0.5) is 0 Å². The average molecular weight is 415 g/mol. The summed E-state index contributed by atoms with van der Waals surface area (Å²) >= 11 is 3.23. The molecule has 0 amide bonds. The van der Waals surface area contributed by atoms with E-state index in [1.807, 2.05) is 47.8 Å². The molecule has 0 fully saturated rings. The lowest BCUT2D eigenvalue weighted by Gasteiger charge is -2.09. The van der Waals surface area contributed by atoms with E-state index in [0.717, 1.165) is 20.0 Å². The number of benzene rings is 2. The number of para-hydroxylation sites is 1. The van der Waals surface area contributed by atoms with Crippen LogP contribution in [0, 0.1) is 0 Å². The van der Waals surface area contributed by atoms with Crippen molar-refractivity contribution in [2.45, 2.75) is 0 Å². The molecule has 140 valence electrons. The van der Waals surface area contributed by atoms with Crippen LogP contribution in [0.5, 0.6) is 0 Å². The molecule has 0 unspecified atom stereocenters. The highest BCUT2D eigenvalue weighted by atomic mass is 32.1. The zero-order valence-corrected chi connectivity index (χ0v) is 16.8. The van der Waals surface area contributed by atoms with Crippen molar-refractivity contribution in [1.82, 2.24) is 0 Å². The van der Waals surface area contributed by atoms with E-state index in [4.69, 9.17) is 4.42 Å². The molecular formula is C24H14O3S2. The quantitative estimate of drug-likeness (QED) is 0.250. The van der Waals surface area contributed by atoms with E-state index < -0.39 is 5.63 Å². The number of fused-ring (bicyclic) bond motifs is 1. The molecule has 2 aromatic carbocycles. The Labute approximate surface area is 174 Å². The van der Waals surface area contributed by atoms with E-state index >= 15 is 0 Å². The van der Waals surface area contributed by atoms with Gasteiger partial charge in [-0.15, -0.1) is 22.7 Å². The van der Waals surface area contributed by atoms with Crippen molar-refractivity contribution in [2.24, 2.45) is 0 Å². The highest BCUT2D eigenvalue weighted by Crippen LogP contribution is 2.40. The third kappa shape index (κ3) is 3.14. The van der Waals surface area contributed by atoms with Crippen molar-refractivity contribution in [3.05, 3.63) is 106 Å². The van der Waals surface area contributed by atoms with Crippen molar-refractivity contribution in [3.8, 4) is 20.2 Å². The molecule has 3 nitrogen and oxygen atoms in total. The molecule has 0 N–H and O–H groups in total. The number of carbonyl (C=O) groups is 1. The van der Waals surface area contributed by atoms with Gasteiger partial charge in [0.25, 0.3) is 0 Å². The molecule has 0 saturated carbocycles. The summed E-state index contributed by atoms with van der Waals surface area (Å²) in [6, 6.07) is 24.3. The molecular weight excluding hydrogens is 400 g/mol. The monoisotopic (exact) mass is 414 g/mol. The summed E-state index contributed by atoms with van der Waals surface area (Å²) in [6.07, 6.45) is 0. The van der Waals surface area contributed by atoms with Crippen LogP contribution >= 0.6 is 22.7 Å². The van der Waals surface area contributed by atoms with E-state index in [9.17, 15) is 9.59 Å². The van der Waals surface area contributed by atoms with Gasteiger partial charge < -0.3 is 4.42 Å². The Morgan fingerprint density at radius 3 is 2.31 bits per heavy atom. The number of carbonyl (C=O) groups excluding carboxylic acids is 1. The molecule has 5 heteroatoms. The molecule has 29 heavy (non-hydrogen) atoms. The van der Waals surface area contributed by atoms with Crippen LogP contribution in [-0.2, 0) is 0 Å². The first-order valence-electron chi connectivity index (χ1n) is 9.02. The van der Waals surface area contributed by atoms with E-state index in [1.165, 1.54) is 0 Å². The molecule has 0 bridgehead atoms. The molecule has 3 heterocycles. The Morgan fingerprint density at radius 1 is 0.759 bits per heavy atom. The minimum Gasteiger partial charge on any atom is -0.422 e. The SMILES string of the molecule is O=C(c1ccccc1)c1c(-c2ccc(-c3cccs3)s2)c2ccccc2oc1=O. The van der Waals surface area contributed by atoms with E-state index in [0.29, 0.717) is 16.7 Å². The molecule has 5 aromatic rings. The lowest BCUT2D eigenvalue weighted by Crippen LogP contribution is -2.17. The van der Waals surface area contributed by atoms with Crippen LogP contribution in [0.2, 0.25) is 0 Å². The number of thiophene rings is 2. The first-order valence-corrected chi connectivity index (χ1v) is 10.7. The first kappa shape index (κ1) is 17.8. The number of rotatable bonds is 4. The summed E-state index contributed by atoms with van der Waals surface area (Å²) in [4.78, 5) is 29.3. The van der Waals surface area contributed by atoms with Gasteiger partial charge in [-0.05, 0) is 29.6 Å². The summed E-state index contributed by atoms with van der Waals surface area (Å²) in [5.74, 6) is -0.328. The minimum atomic E-state index is -0.612. The predicted octanol–water partition coefficient (Wildman–Crippen LogP) is 6.48. The predicted molar refractivity (Wildman–Crippen MR) is 119 cm³/mol. The summed E-state index contributed by atoms with van der Waals surface area (Å²) in [7, 11) is 0. The highest BCUT2D eigenvalue weighted by Gasteiger charge is 2.24. The fraction of sp³-hybridized carbons (Fsp3) is 0. The van der Waals surface area contributed by atoms with Gasteiger partial charge in [0.1, 0.15) is 11.1 Å². The average Bonchev–Trinajstić information content (AvgIpc) is 3.45. The zero-order valence-electron chi connectivity index (χ0n) is 15.1. The minimum absolute atomic E-state index is 0.0782. The maximum absolute atomic E-state index is 13.3. The lowest BCUT2D eigenvalue weighted by atomic mass is 9.96. The fourth-order valence-corrected chi connectivity index (χ4v) is 5.28. The number of hydrogen-bond donors (Lipinski definition) is 0. The van der Waals surface area contributed by atoms with Crippen LogP contribution in [0.15, 0.2) is 93.5 Å². The fourth-order valence-electron chi connectivity index (χ4n) is 3.37. The second-order valence-corrected chi connectivity index (χ2v) is 8.50. The standard InChI is InChI=1S/C24H14O3S2/c25-23(15-7-2-1-3-8-15)22-21(16-9-4-5-10-17(16)27-24(22)26)20-13-12-19(29-20)18-11-6-14-28-18/h1-14H. The Bertz CT molecular complexity index is 1380. The third-order valence-corrected chi connectivity index (χ3v) is 6.86. The second kappa shape index (κ2) is 7.28. The number of ketones is 1. The summed E-state index contributed by atoms with van der Waals surface area (Å²) in [5.41, 5.74) is 1.04. The second-order valence-electron chi connectivity index (χ2n) is 6.47. The van der Waals surface area contributed by atoms with Crippen LogP contribution < -0.4 is 5.63 Å². The molecule has 0 spiro atoms. The molecule has 0 aliphatic rings. The molecule has 3 aromatic heterocycles. The molecule has 0 aliphatic carbocycles. The van der Waals surface area contributed by atoms with Gasteiger partial charge in [-0.25, -0.2) is 4.79 Å². The van der Waals surface area contributed by atoms with Crippen molar-refractivity contribution in [2.75, 3.05) is 0 Å². The molecule has 5 rings (SSSR count). The van der Waals surface area contributed by atoms with E-state index in [-0.39, 0.29) is 11.3 Å². The van der Waals surface area contributed by atoms with Crippen LogP contribution in [-0.4, -0.2) is 5.78 Å². The van der Waals surface area contributed by atoms with E-state index in [1.54, 1.807) is 53.0 Å². The van der Waals surface area contributed by atoms with E-state index in [2.05, 4.69) is 6.07 Å². The van der Waals surface area contributed by atoms with Gasteiger partial charge in [-0.1, -0.05) is 54.6 Å². The Hall–Kier alpha value is -3.28. The topological polar surface area (TPSA) is 47.3 Å². The van der Waals surface area contributed by atoms with Crippen LogP contribution in [0.3, 0.4) is 0 Å². The normalized spacial score (nSPS) is 11.0. The van der Waals surface area contributed by atoms with Gasteiger partial charge in [0.2, 0.25) is 5.78 Å². The van der Waals surface area contributed by atoms with Gasteiger partial charge in [0.05, 0.1) is 0 Å². The Kier molecular flexibility index (Phi) is 4.46. The van der Waals surface area contributed by atoms with Crippen LogP contribution in [0.1, 0.15) is 15.9 Å². The van der Waals surface area contributed by atoms with Crippen LogP contribution in [0.25, 0.3) is 31.2 Å². The van der Waals surface area contributed by atoms with Gasteiger partial charge in [0, 0.05) is 31.1 Å². The molecule has 0 atom stereocenters. The Morgan fingerprint density at radius 2 is 1.52 bits per heavy atom. The summed E-state index contributed by atoms with van der Waals surface area (Å²) < 4.78 is 5.51. The summed E-state index contributed by atoms with van der Waals surface area (Å²) in [6.45, 7) is 0. The zero-order chi connectivity index (χ0) is 19.8. The smallest absolute Gasteiger partial charge is 0.348 e. The highest BCUT2D eigenvalue weighted by molar-refractivity contribution is 7.23. The lowest BCUT2D eigenvalue weighted by molar-refractivity contribution is 0.103. The maximum atomic E-state index is 13.3. The third-order valence-electron chi connectivity index (χ3n) is 4.69. The molecule has 0 saturated heterocycles. The first-order chi connectivity index (χ1) is 14.2. The van der Waals surface area contributed by atoms with Gasteiger partial charge in [-0.3, -0.25) is 4.79 Å². The summed E-state index contributed by atoms with van der Waals surface area (Å²) in [5, 5.41) is 2.79. The number of hydrogen-bond acceptors (Lipinski definition) is 5. The molecule has 0 aliphatic heterocycles. The van der Waals surface area contributed by atoms with Gasteiger partial charge >= 0.3 is 5.63 Å². The van der Waals surface area contributed by atoms with Crippen molar-refractivity contribution in [3.63, 3.8) is 0 Å². The van der Waals surface area contributed by atoms with Crippen molar-refractivity contribution in [1.29, 1.82) is 0 Å². The van der Waals surface area contributed by atoms with Gasteiger partial charge in [-0.2, -0.15) is 0 Å². The molecule has 0 radical (unpaired) electrons. The maximum Gasteiger partial charge on any atom is 0.348 e. The largest absolute Gasteiger partial charge is 0.422 e.